The Bertz CT molecular complexity index is 257. The largest absolute Gasteiger partial charge is 0.342 e. The molecule has 3 nitrogen and oxygen atoms in total. The van der Waals surface area contributed by atoms with Gasteiger partial charge >= 0.3 is 0 Å². The summed E-state index contributed by atoms with van der Waals surface area (Å²) in [5.41, 5.74) is 5.65. The van der Waals surface area contributed by atoms with Crippen LogP contribution in [0.1, 0.15) is 25.7 Å². The van der Waals surface area contributed by atoms with Gasteiger partial charge in [0.1, 0.15) is 0 Å². The molecule has 96 valence electrons. The van der Waals surface area contributed by atoms with Crippen LogP contribution in [0, 0.1) is 11.8 Å². The predicted molar refractivity (Wildman–Crippen MR) is 71.5 cm³/mol. The van der Waals surface area contributed by atoms with Gasteiger partial charge in [0.25, 0.3) is 0 Å². The lowest BCUT2D eigenvalue weighted by atomic mass is 9.94. The molecule has 0 radical (unpaired) electrons. The minimum absolute atomic E-state index is 0.0272. The zero-order chi connectivity index (χ0) is 12.7. The fraction of sp³-hybridized carbons (Fsp3) is 0.643. The third-order valence-electron chi connectivity index (χ3n) is 3.51. The van der Waals surface area contributed by atoms with E-state index in [1.54, 1.807) is 0 Å². The molecule has 0 aromatic carbocycles. The minimum atomic E-state index is 0.0272. The van der Waals surface area contributed by atoms with Gasteiger partial charge in [-0.15, -0.1) is 13.2 Å². The highest BCUT2D eigenvalue weighted by molar-refractivity contribution is 5.79. The Morgan fingerprint density at radius 2 is 1.82 bits per heavy atom. The number of allylic oxidation sites excluding steroid dienone is 2. The van der Waals surface area contributed by atoms with Gasteiger partial charge in [-0.25, -0.2) is 0 Å². The van der Waals surface area contributed by atoms with Gasteiger partial charge in [0, 0.05) is 19.0 Å². The number of rotatable bonds is 6. The molecule has 17 heavy (non-hydrogen) atoms. The molecule has 0 bridgehead atoms. The zero-order valence-corrected chi connectivity index (χ0v) is 10.6. The van der Waals surface area contributed by atoms with Crippen LogP contribution in [0.2, 0.25) is 0 Å². The molecular weight excluding hydrogens is 212 g/mol. The summed E-state index contributed by atoms with van der Waals surface area (Å²) in [5.74, 6) is 0.871. The smallest absolute Gasteiger partial charge is 0.226 e. The monoisotopic (exact) mass is 236 g/mol. The lowest BCUT2D eigenvalue weighted by Crippen LogP contribution is -2.42. The first-order valence-electron chi connectivity index (χ1n) is 6.43. The standard InChI is InChI=1S/C14H24N2O/c1-3-5-13(6-4-2)14(17)16-9-7-12(11-15)8-10-16/h3-4,12-13H,1-2,5-11,15H2. The highest BCUT2D eigenvalue weighted by Crippen LogP contribution is 2.20. The number of amides is 1. The van der Waals surface area contributed by atoms with Gasteiger partial charge in [-0.1, -0.05) is 12.2 Å². The van der Waals surface area contributed by atoms with E-state index in [9.17, 15) is 4.79 Å². The Morgan fingerprint density at radius 3 is 2.24 bits per heavy atom. The second kappa shape index (κ2) is 7.28. The highest BCUT2D eigenvalue weighted by atomic mass is 16.2. The van der Waals surface area contributed by atoms with Crippen molar-refractivity contribution in [2.75, 3.05) is 19.6 Å². The normalized spacial score (nSPS) is 17.2. The number of likely N-dealkylation sites (tertiary alicyclic amines) is 1. The van der Waals surface area contributed by atoms with Gasteiger partial charge in [-0.3, -0.25) is 4.79 Å². The first kappa shape index (κ1) is 14.0. The van der Waals surface area contributed by atoms with Crippen molar-refractivity contribution in [3.63, 3.8) is 0 Å². The van der Waals surface area contributed by atoms with Gasteiger partial charge in [-0.2, -0.15) is 0 Å². The van der Waals surface area contributed by atoms with E-state index in [1.165, 1.54) is 0 Å². The van der Waals surface area contributed by atoms with Crippen LogP contribution >= 0.6 is 0 Å². The van der Waals surface area contributed by atoms with E-state index in [1.807, 2.05) is 17.1 Å². The fourth-order valence-corrected chi connectivity index (χ4v) is 2.35. The van der Waals surface area contributed by atoms with Crippen LogP contribution in [-0.4, -0.2) is 30.4 Å². The number of nitrogens with two attached hydrogens (primary N) is 1. The highest BCUT2D eigenvalue weighted by Gasteiger charge is 2.26. The first-order chi connectivity index (χ1) is 8.22. The number of carbonyl (C=O) groups is 1. The summed E-state index contributed by atoms with van der Waals surface area (Å²) in [7, 11) is 0. The van der Waals surface area contributed by atoms with Crippen LogP contribution in [0.3, 0.4) is 0 Å². The number of nitrogens with zero attached hydrogens (tertiary/aromatic N) is 1. The third kappa shape index (κ3) is 4.00. The number of piperidine rings is 1. The van der Waals surface area contributed by atoms with E-state index in [-0.39, 0.29) is 11.8 Å². The maximum Gasteiger partial charge on any atom is 0.226 e. The van der Waals surface area contributed by atoms with Gasteiger partial charge in [0.15, 0.2) is 0 Å². The molecule has 2 N–H and O–H groups in total. The van der Waals surface area contributed by atoms with Crippen LogP contribution in [0.5, 0.6) is 0 Å². The molecule has 0 aliphatic carbocycles. The lowest BCUT2D eigenvalue weighted by molar-refractivity contribution is -0.136. The Morgan fingerprint density at radius 1 is 1.29 bits per heavy atom. The topological polar surface area (TPSA) is 46.3 Å². The maximum absolute atomic E-state index is 12.3. The third-order valence-corrected chi connectivity index (χ3v) is 3.51. The Kier molecular flexibility index (Phi) is 5.98. The fourth-order valence-electron chi connectivity index (χ4n) is 2.35. The van der Waals surface area contributed by atoms with Crippen LogP contribution in [0.4, 0.5) is 0 Å². The molecule has 1 heterocycles. The zero-order valence-electron chi connectivity index (χ0n) is 10.6. The van der Waals surface area contributed by atoms with Crippen molar-refractivity contribution in [1.82, 2.24) is 4.90 Å². The van der Waals surface area contributed by atoms with E-state index >= 15 is 0 Å². The van der Waals surface area contributed by atoms with Crippen molar-refractivity contribution < 1.29 is 4.79 Å². The van der Waals surface area contributed by atoms with Crippen molar-refractivity contribution in [1.29, 1.82) is 0 Å². The summed E-state index contributed by atoms with van der Waals surface area (Å²) in [6.45, 7) is 9.87. The maximum atomic E-state index is 12.3. The Balaban J connectivity index is 2.50. The van der Waals surface area contributed by atoms with Crippen molar-refractivity contribution in [2.45, 2.75) is 25.7 Å². The molecule has 0 aromatic heterocycles. The van der Waals surface area contributed by atoms with Gasteiger partial charge in [0.2, 0.25) is 5.91 Å². The van der Waals surface area contributed by atoms with Gasteiger partial charge < -0.3 is 10.6 Å². The molecule has 1 amide bonds. The molecule has 1 aliphatic heterocycles. The van der Waals surface area contributed by atoms with Crippen LogP contribution in [0.15, 0.2) is 25.3 Å². The summed E-state index contributed by atoms with van der Waals surface area (Å²) in [6, 6.07) is 0. The molecule has 1 aliphatic rings. The van der Waals surface area contributed by atoms with Crippen molar-refractivity contribution in [3.8, 4) is 0 Å². The molecule has 0 saturated carbocycles. The van der Waals surface area contributed by atoms with E-state index in [4.69, 9.17) is 5.73 Å². The Hall–Kier alpha value is -1.09. The van der Waals surface area contributed by atoms with Crippen LogP contribution in [-0.2, 0) is 4.79 Å². The van der Waals surface area contributed by atoms with Crippen LogP contribution < -0.4 is 5.73 Å². The Labute approximate surface area is 104 Å². The number of carbonyl (C=O) groups excluding carboxylic acids is 1. The van der Waals surface area contributed by atoms with E-state index in [0.29, 0.717) is 5.92 Å². The SMILES string of the molecule is C=CCC(CC=C)C(=O)N1CCC(CN)CC1. The average molecular weight is 236 g/mol. The second-order valence-electron chi connectivity index (χ2n) is 4.75. The molecule has 0 aromatic rings. The molecule has 1 fully saturated rings. The van der Waals surface area contributed by atoms with Gasteiger partial charge in [-0.05, 0) is 38.1 Å². The predicted octanol–water partition coefficient (Wildman–Crippen LogP) is 1.95. The molecule has 0 spiro atoms. The summed E-state index contributed by atoms with van der Waals surface area (Å²) in [5, 5.41) is 0. The number of hydrogen-bond donors (Lipinski definition) is 1. The summed E-state index contributed by atoms with van der Waals surface area (Å²) in [6.07, 6.45) is 7.19. The minimum Gasteiger partial charge on any atom is -0.342 e. The molecule has 1 rings (SSSR count). The number of hydrogen-bond acceptors (Lipinski definition) is 2. The molecular formula is C14H24N2O. The first-order valence-corrected chi connectivity index (χ1v) is 6.43. The van der Waals surface area contributed by atoms with Crippen molar-refractivity contribution >= 4 is 5.91 Å². The molecule has 3 heteroatoms. The molecule has 1 saturated heterocycles. The summed E-state index contributed by atoms with van der Waals surface area (Å²) in [4.78, 5) is 14.2. The summed E-state index contributed by atoms with van der Waals surface area (Å²) >= 11 is 0. The quantitative estimate of drug-likeness (QED) is 0.717. The molecule has 0 atom stereocenters. The van der Waals surface area contributed by atoms with E-state index < -0.39 is 0 Å². The lowest BCUT2D eigenvalue weighted by Gasteiger charge is -2.33. The second-order valence-corrected chi connectivity index (χ2v) is 4.75. The van der Waals surface area contributed by atoms with E-state index in [2.05, 4.69) is 13.2 Å². The summed E-state index contributed by atoms with van der Waals surface area (Å²) < 4.78 is 0. The van der Waals surface area contributed by atoms with E-state index in [0.717, 1.165) is 45.3 Å². The van der Waals surface area contributed by atoms with Crippen molar-refractivity contribution in [3.05, 3.63) is 25.3 Å². The average Bonchev–Trinajstić information content (AvgIpc) is 2.38. The van der Waals surface area contributed by atoms with Crippen molar-refractivity contribution in [2.24, 2.45) is 17.6 Å². The van der Waals surface area contributed by atoms with Crippen LogP contribution in [0.25, 0.3) is 0 Å². The molecule has 0 unspecified atom stereocenters. The van der Waals surface area contributed by atoms with Gasteiger partial charge in [0.05, 0.1) is 0 Å².